The van der Waals surface area contributed by atoms with Gasteiger partial charge in [0, 0.05) is 5.02 Å². The van der Waals surface area contributed by atoms with Gasteiger partial charge in [0.2, 0.25) is 5.91 Å². The first-order valence-corrected chi connectivity index (χ1v) is 7.33. The van der Waals surface area contributed by atoms with Crippen molar-refractivity contribution >= 4 is 23.3 Å². The fourth-order valence-corrected chi connectivity index (χ4v) is 2.52. The molecular formula is C17H14ClNO3. The third-order valence-corrected chi connectivity index (χ3v) is 3.83. The van der Waals surface area contributed by atoms with Gasteiger partial charge in [-0.3, -0.25) is 9.59 Å². The Morgan fingerprint density at radius 3 is 2.50 bits per heavy atom. The Balaban J connectivity index is 1.82. The highest BCUT2D eigenvalue weighted by atomic mass is 35.5. The highest BCUT2D eigenvalue weighted by molar-refractivity contribution is 6.30. The van der Waals surface area contributed by atoms with Crippen LogP contribution in [0.4, 0.5) is 0 Å². The van der Waals surface area contributed by atoms with Crippen LogP contribution in [0.1, 0.15) is 5.56 Å². The summed E-state index contributed by atoms with van der Waals surface area (Å²) >= 11 is 5.85. The Morgan fingerprint density at radius 1 is 1.09 bits per heavy atom. The molecule has 0 aliphatic carbocycles. The third kappa shape index (κ3) is 3.12. The van der Waals surface area contributed by atoms with Crippen molar-refractivity contribution in [1.29, 1.82) is 0 Å². The molecule has 1 N–H and O–H groups in total. The average molecular weight is 316 g/mol. The van der Waals surface area contributed by atoms with Crippen LogP contribution in [0.3, 0.4) is 0 Å². The third-order valence-electron chi connectivity index (χ3n) is 3.58. The first-order chi connectivity index (χ1) is 10.6. The lowest BCUT2D eigenvalue weighted by Gasteiger charge is -2.12. The molecule has 1 aliphatic rings. The predicted octanol–water partition coefficient (Wildman–Crippen LogP) is 2.99. The second-order valence-electron chi connectivity index (χ2n) is 5.10. The van der Waals surface area contributed by atoms with Crippen LogP contribution in [-0.4, -0.2) is 18.2 Å². The van der Waals surface area contributed by atoms with E-state index in [0.717, 1.165) is 5.56 Å². The van der Waals surface area contributed by atoms with Gasteiger partial charge in [0.05, 0.1) is 6.54 Å². The van der Waals surface area contributed by atoms with Gasteiger partial charge in [-0.25, -0.2) is 0 Å². The minimum atomic E-state index is -0.630. The number of halogens is 1. The SMILES string of the molecule is O=C1CNC(=O)C1Cc1ccccc1Oc1ccc(Cl)cc1. The summed E-state index contributed by atoms with van der Waals surface area (Å²) in [7, 11) is 0. The predicted molar refractivity (Wildman–Crippen MR) is 83.2 cm³/mol. The van der Waals surface area contributed by atoms with Crippen molar-refractivity contribution in [2.45, 2.75) is 6.42 Å². The van der Waals surface area contributed by atoms with Gasteiger partial charge >= 0.3 is 0 Å². The summed E-state index contributed by atoms with van der Waals surface area (Å²) in [6, 6.07) is 14.4. The smallest absolute Gasteiger partial charge is 0.231 e. The summed E-state index contributed by atoms with van der Waals surface area (Å²) in [5.74, 6) is 0.365. The summed E-state index contributed by atoms with van der Waals surface area (Å²) in [4.78, 5) is 23.5. The topological polar surface area (TPSA) is 55.4 Å². The monoisotopic (exact) mass is 315 g/mol. The van der Waals surface area contributed by atoms with Crippen LogP contribution in [0.5, 0.6) is 11.5 Å². The number of nitrogens with one attached hydrogen (secondary N) is 1. The van der Waals surface area contributed by atoms with Crippen LogP contribution in [-0.2, 0) is 16.0 Å². The molecule has 1 heterocycles. The fourth-order valence-electron chi connectivity index (χ4n) is 2.39. The molecule has 0 spiro atoms. The second-order valence-corrected chi connectivity index (χ2v) is 5.54. The maximum Gasteiger partial charge on any atom is 0.231 e. The molecule has 0 saturated carbocycles. The molecule has 4 nitrogen and oxygen atoms in total. The molecular weight excluding hydrogens is 302 g/mol. The van der Waals surface area contributed by atoms with Gasteiger partial charge in [0.15, 0.2) is 5.78 Å². The number of carbonyl (C=O) groups is 2. The molecule has 22 heavy (non-hydrogen) atoms. The van der Waals surface area contributed by atoms with E-state index in [2.05, 4.69) is 5.32 Å². The van der Waals surface area contributed by atoms with Crippen molar-refractivity contribution in [2.75, 3.05) is 6.54 Å². The first kappa shape index (κ1) is 14.6. The molecule has 2 aromatic rings. The number of carbonyl (C=O) groups excluding carboxylic acids is 2. The normalized spacial score (nSPS) is 17.4. The van der Waals surface area contributed by atoms with E-state index >= 15 is 0 Å². The van der Waals surface area contributed by atoms with Gasteiger partial charge in [0.1, 0.15) is 17.4 Å². The van der Waals surface area contributed by atoms with Gasteiger partial charge in [0.25, 0.3) is 0 Å². The molecule has 1 amide bonds. The maximum absolute atomic E-state index is 11.8. The summed E-state index contributed by atoms with van der Waals surface area (Å²) in [6.45, 7) is 0.115. The Labute approximate surface area is 133 Å². The molecule has 2 aromatic carbocycles. The van der Waals surface area contributed by atoms with Gasteiger partial charge in [-0.05, 0) is 42.3 Å². The Bertz CT molecular complexity index is 696. The first-order valence-electron chi connectivity index (χ1n) is 6.95. The van der Waals surface area contributed by atoms with E-state index in [1.165, 1.54) is 0 Å². The van der Waals surface area contributed by atoms with Crippen LogP contribution in [0.2, 0.25) is 5.02 Å². The Morgan fingerprint density at radius 2 is 1.82 bits per heavy atom. The lowest BCUT2D eigenvalue weighted by atomic mass is 9.96. The average Bonchev–Trinajstić information content (AvgIpc) is 2.83. The molecule has 0 bridgehead atoms. The molecule has 5 heteroatoms. The van der Waals surface area contributed by atoms with Crippen molar-refractivity contribution in [1.82, 2.24) is 5.32 Å². The highest BCUT2D eigenvalue weighted by Crippen LogP contribution is 2.28. The van der Waals surface area contributed by atoms with E-state index in [-0.39, 0.29) is 18.2 Å². The standard InChI is InChI=1S/C17H14ClNO3/c18-12-5-7-13(8-6-12)22-16-4-2-1-3-11(16)9-14-15(20)10-19-17(14)21/h1-8,14H,9-10H2,(H,19,21). The highest BCUT2D eigenvalue weighted by Gasteiger charge is 2.33. The number of para-hydroxylation sites is 1. The Kier molecular flexibility index (Phi) is 4.11. The molecule has 3 rings (SSSR count). The van der Waals surface area contributed by atoms with Crippen LogP contribution in [0.25, 0.3) is 0 Å². The quantitative estimate of drug-likeness (QED) is 0.882. The molecule has 1 fully saturated rings. The summed E-state index contributed by atoms with van der Waals surface area (Å²) < 4.78 is 5.84. The van der Waals surface area contributed by atoms with Crippen LogP contribution in [0, 0.1) is 5.92 Å². The molecule has 112 valence electrons. The van der Waals surface area contributed by atoms with E-state index in [1.807, 2.05) is 24.3 Å². The Hall–Kier alpha value is -2.33. The van der Waals surface area contributed by atoms with Gasteiger partial charge < -0.3 is 10.1 Å². The largest absolute Gasteiger partial charge is 0.457 e. The minimum Gasteiger partial charge on any atom is -0.457 e. The van der Waals surface area contributed by atoms with Crippen LogP contribution in [0.15, 0.2) is 48.5 Å². The van der Waals surface area contributed by atoms with E-state index in [9.17, 15) is 9.59 Å². The number of Topliss-reactive ketones (excluding diaryl/α,β-unsaturated/α-hetero) is 1. The number of ether oxygens (including phenoxy) is 1. The van der Waals surface area contributed by atoms with E-state index in [1.54, 1.807) is 24.3 Å². The lowest BCUT2D eigenvalue weighted by Crippen LogP contribution is -2.21. The molecule has 0 aromatic heterocycles. The van der Waals surface area contributed by atoms with E-state index < -0.39 is 5.92 Å². The molecule has 1 saturated heterocycles. The van der Waals surface area contributed by atoms with Gasteiger partial charge in [-0.1, -0.05) is 29.8 Å². The number of rotatable bonds is 4. The van der Waals surface area contributed by atoms with Crippen molar-refractivity contribution in [3.8, 4) is 11.5 Å². The number of hydrogen-bond donors (Lipinski definition) is 1. The van der Waals surface area contributed by atoms with Crippen LogP contribution >= 0.6 is 11.6 Å². The van der Waals surface area contributed by atoms with Crippen molar-refractivity contribution in [3.63, 3.8) is 0 Å². The summed E-state index contributed by atoms with van der Waals surface area (Å²) in [5, 5.41) is 3.20. The molecule has 1 unspecified atom stereocenters. The number of hydrogen-bond acceptors (Lipinski definition) is 3. The second kappa shape index (κ2) is 6.20. The van der Waals surface area contributed by atoms with E-state index in [4.69, 9.17) is 16.3 Å². The van der Waals surface area contributed by atoms with E-state index in [0.29, 0.717) is 22.9 Å². The van der Waals surface area contributed by atoms with Gasteiger partial charge in [-0.15, -0.1) is 0 Å². The number of ketones is 1. The minimum absolute atomic E-state index is 0.0775. The van der Waals surface area contributed by atoms with Gasteiger partial charge in [-0.2, -0.15) is 0 Å². The number of benzene rings is 2. The maximum atomic E-state index is 11.8. The summed E-state index contributed by atoms with van der Waals surface area (Å²) in [5.41, 5.74) is 0.827. The number of amides is 1. The molecule has 1 atom stereocenters. The fraction of sp³-hybridized carbons (Fsp3) is 0.176. The molecule has 1 aliphatic heterocycles. The van der Waals surface area contributed by atoms with Crippen molar-refractivity contribution in [3.05, 3.63) is 59.1 Å². The van der Waals surface area contributed by atoms with Crippen molar-refractivity contribution < 1.29 is 14.3 Å². The lowest BCUT2D eigenvalue weighted by molar-refractivity contribution is -0.127. The van der Waals surface area contributed by atoms with Crippen molar-refractivity contribution in [2.24, 2.45) is 5.92 Å². The summed E-state index contributed by atoms with van der Waals surface area (Å²) in [6.07, 6.45) is 0.342. The molecule has 0 radical (unpaired) electrons. The zero-order valence-electron chi connectivity index (χ0n) is 11.7. The zero-order valence-corrected chi connectivity index (χ0v) is 12.5. The van der Waals surface area contributed by atoms with Crippen LogP contribution < -0.4 is 10.1 Å². The zero-order chi connectivity index (χ0) is 15.5.